The third-order valence-corrected chi connectivity index (χ3v) is 3.04. The minimum atomic E-state index is 0.604. The first-order chi connectivity index (χ1) is 6.69. The zero-order valence-corrected chi connectivity index (χ0v) is 9.92. The number of nitrogens with one attached hydrogen (secondary N) is 1. The highest BCUT2D eigenvalue weighted by Crippen LogP contribution is 2.20. The van der Waals surface area contributed by atoms with Crippen molar-refractivity contribution in [1.82, 2.24) is 10.2 Å². The van der Waals surface area contributed by atoms with Crippen molar-refractivity contribution in [1.29, 1.82) is 0 Å². The Bertz CT molecular complexity index is 161. The monoisotopic (exact) mass is 200 g/mol. The van der Waals surface area contributed by atoms with Crippen LogP contribution in [0.1, 0.15) is 27.2 Å². The van der Waals surface area contributed by atoms with Gasteiger partial charge in [-0.15, -0.1) is 0 Å². The molecule has 0 saturated carbocycles. The zero-order valence-electron chi connectivity index (χ0n) is 9.92. The number of hydrogen-bond donors (Lipinski definition) is 1. The molecule has 0 bridgehead atoms. The van der Waals surface area contributed by atoms with Crippen LogP contribution in [0.2, 0.25) is 0 Å². The molecule has 1 N–H and O–H groups in total. The summed E-state index contributed by atoms with van der Waals surface area (Å²) in [7, 11) is 2.05. The maximum Gasteiger partial charge on any atom is 0.0622 e. The molecule has 0 spiro atoms. The number of rotatable bonds is 5. The van der Waals surface area contributed by atoms with Gasteiger partial charge in [0.2, 0.25) is 0 Å². The van der Waals surface area contributed by atoms with Crippen molar-refractivity contribution in [3.8, 4) is 0 Å². The molecule has 1 heterocycles. The maximum atomic E-state index is 5.52. The fourth-order valence-corrected chi connectivity index (χ4v) is 2.20. The molecule has 3 nitrogen and oxygen atoms in total. The molecule has 0 radical (unpaired) electrons. The van der Waals surface area contributed by atoms with E-state index >= 15 is 0 Å². The Morgan fingerprint density at radius 1 is 1.50 bits per heavy atom. The summed E-state index contributed by atoms with van der Waals surface area (Å²) in [4.78, 5) is 2.54. The third-order valence-electron chi connectivity index (χ3n) is 3.04. The van der Waals surface area contributed by atoms with Crippen molar-refractivity contribution in [3.63, 3.8) is 0 Å². The quantitative estimate of drug-likeness (QED) is 0.719. The number of hydrogen-bond acceptors (Lipinski definition) is 3. The van der Waals surface area contributed by atoms with E-state index in [2.05, 4.69) is 31.0 Å². The van der Waals surface area contributed by atoms with Crippen LogP contribution in [0.3, 0.4) is 0 Å². The molecule has 1 rings (SSSR count). The van der Waals surface area contributed by atoms with Gasteiger partial charge < -0.3 is 10.1 Å². The smallest absolute Gasteiger partial charge is 0.0622 e. The molecule has 1 fully saturated rings. The fraction of sp³-hybridized carbons (Fsp3) is 1.00. The molecule has 0 aliphatic carbocycles. The molecular formula is C11H24N2O. The lowest BCUT2D eigenvalue weighted by Gasteiger charge is -2.27. The van der Waals surface area contributed by atoms with Crippen molar-refractivity contribution >= 4 is 0 Å². The number of likely N-dealkylation sites (tertiary alicyclic amines) is 1. The Morgan fingerprint density at radius 2 is 2.21 bits per heavy atom. The van der Waals surface area contributed by atoms with Gasteiger partial charge in [0, 0.05) is 31.3 Å². The minimum absolute atomic E-state index is 0.604. The van der Waals surface area contributed by atoms with Crippen molar-refractivity contribution in [3.05, 3.63) is 0 Å². The van der Waals surface area contributed by atoms with Gasteiger partial charge >= 0.3 is 0 Å². The van der Waals surface area contributed by atoms with E-state index in [9.17, 15) is 0 Å². The molecule has 84 valence electrons. The van der Waals surface area contributed by atoms with E-state index in [1.165, 1.54) is 6.42 Å². The van der Waals surface area contributed by atoms with Crippen LogP contribution in [0.25, 0.3) is 0 Å². The lowest BCUT2D eigenvalue weighted by molar-refractivity contribution is 0.0728. The van der Waals surface area contributed by atoms with Gasteiger partial charge in [0.25, 0.3) is 0 Å². The highest BCUT2D eigenvalue weighted by molar-refractivity contribution is 4.90. The number of nitrogens with zero attached hydrogens (tertiary/aromatic N) is 1. The molecule has 0 amide bonds. The van der Waals surface area contributed by atoms with Gasteiger partial charge in [-0.05, 0) is 34.2 Å². The first kappa shape index (κ1) is 12.0. The van der Waals surface area contributed by atoms with E-state index in [-0.39, 0.29) is 0 Å². The Morgan fingerprint density at radius 3 is 2.71 bits per heavy atom. The van der Waals surface area contributed by atoms with Crippen LogP contribution in [0.15, 0.2) is 0 Å². The van der Waals surface area contributed by atoms with Crippen LogP contribution in [-0.4, -0.2) is 49.8 Å². The van der Waals surface area contributed by atoms with Gasteiger partial charge in [0.15, 0.2) is 0 Å². The number of ether oxygens (including phenoxy) is 1. The largest absolute Gasteiger partial charge is 0.380 e. The SMILES string of the molecule is CCOC[C@@H]1C[C@@H](NC)CN1C(C)C. The lowest BCUT2D eigenvalue weighted by Crippen LogP contribution is -2.39. The molecule has 0 aromatic carbocycles. The van der Waals surface area contributed by atoms with Crippen LogP contribution in [-0.2, 0) is 4.74 Å². The summed E-state index contributed by atoms with van der Waals surface area (Å²) in [5, 5.41) is 3.36. The van der Waals surface area contributed by atoms with Crippen molar-refractivity contribution < 1.29 is 4.74 Å². The second-order valence-electron chi connectivity index (χ2n) is 4.33. The predicted molar refractivity (Wildman–Crippen MR) is 59.6 cm³/mol. The highest BCUT2D eigenvalue weighted by Gasteiger charge is 2.32. The molecule has 3 heteroatoms. The van der Waals surface area contributed by atoms with Gasteiger partial charge in [-0.1, -0.05) is 0 Å². The molecule has 2 atom stereocenters. The van der Waals surface area contributed by atoms with Crippen LogP contribution < -0.4 is 5.32 Å². The number of likely N-dealkylation sites (N-methyl/N-ethyl adjacent to an activating group) is 1. The predicted octanol–water partition coefficient (Wildman–Crippen LogP) is 1.09. The normalized spacial score (nSPS) is 28.9. The first-order valence-corrected chi connectivity index (χ1v) is 5.69. The Labute approximate surface area is 87.8 Å². The van der Waals surface area contributed by atoms with Gasteiger partial charge in [0.1, 0.15) is 0 Å². The van der Waals surface area contributed by atoms with E-state index in [1.807, 2.05) is 7.05 Å². The summed E-state index contributed by atoms with van der Waals surface area (Å²) in [5.74, 6) is 0. The van der Waals surface area contributed by atoms with Crippen LogP contribution >= 0.6 is 0 Å². The Balaban J connectivity index is 2.44. The van der Waals surface area contributed by atoms with Crippen LogP contribution in [0, 0.1) is 0 Å². The molecule has 14 heavy (non-hydrogen) atoms. The molecule has 1 saturated heterocycles. The molecule has 0 aromatic rings. The summed E-state index contributed by atoms with van der Waals surface area (Å²) in [5.41, 5.74) is 0. The van der Waals surface area contributed by atoms with Gasteiger partial charge in [-0.25, -0.2) is 0 Å². The topological polar surface area (TPSA) is 24.5 Å². The summed E-state index contributed by atoms with van der Waals surface area (Å²) < 4.78 is 5.52. The Kier molecular flexibility index (Phi) is 4.85. The van der Waals surface area contributed by atoms with Gasteiger partial charge in [-0.3, -0.25) is 4.90 Å². The first-order valence-electron chi connectivity index (χ1n) is 5.69. The second-order valence-corrected chi connectivity index (χ2v) is 4.33. The standard InChI is InChI=1S/C11H24N2O/c1-5-14-8-11-6-10(12-4)7-13(11)9(2)3/h9-12H,5-8H2,1-4H3/t10-,11+/m1/s1. The van der Waals surface area contributed by atoms with E-state index < -0.39 is 0 Å². The zero-order chi connectivity index (χ0) is 10.6. The van der Waals surface area contributed by atoms with Crippen molar-refractivity contribution in [2.24, 2.45) is 0 Å². The molecule has 1 aliphatic rings. The highest BCUT2D eigenvalue weighted by atomic mass is 16.5. The summed E-state index contributed by atoms with van der Waals surface area (Å²) in [6.45, 7) is 9.45. The molecule has 0 unspecified atom stereocenters. The van der Waals surface area contributed by atoms with Crippen molar-refractivity contribution in [2.75, 3.05) is 26.8 Å². The average molecular weight is 200 g/mol. The summed E-state index contributed by atoms with van der Waals surface area (Å²) >= 11 is 0. The third kappa shape index (κ3) is 2.94. The summed E-state index contributed by atoms with van der Waals surface area (Å²) in [6.07, 6.45) is 1.22. The van der Waals surface area contributed by atoms with Crippen molar-refractivity contribution in [2.45, 2.75) is 45.3 Å². The molecular weight excluding hydrogens is 176 g/mol. The van der Waals surface area contributed by atoms with Crippen LogP contribution in [0.5, 0.6) is 0 Å². The van der Waals surface area contributed by atoms with Gasteiger partial charge in [-0.2, -0.15) is 0 Å². The van der Waals surface area contributed by atoms with Crippen LogP contribution in [0.4, 0.5) is 0 Å². The Hall–Kier alpha value is -0.120. The van der Waals surface area contributed by atoms with E-state index in [1.54, 1.807) is 0 Å². The lowest BCUT2D eigenvalue weighted by atomic mass is 10.2. The van der Waals surface area contributed by atoms with E-state index in [0.717, 1.165) is 19.8 Å². The molecule has 0 aromatic heterocycles. The second kappa shape index (κ2) is 5.69. The van der Waals surface area contributed by atoms with E-state index in [0.29, 0.717) is 18.1 Å². The maximum absolute atomic E-state index is 5.52. The van der Waals surface area contributed by atoms with E-state index in [4.69, 9.17) is 4.74 Å². The fourth-order valence-electron chi connectivity index (χ4n) is 2.20. The average Bonchev–Trinajstić information content (AvgIpc) is 2.58. The summed E-state index contributed by atoms with van der Waals surface area (Å²) in [6, 6.07) is 1.87. The minimum Gasteiger partial charge on any atom is -0.380 e. The van der Waals surface area contributed by atoms with Gasteiger partial charge in [0.05, 0.1) is 6.61 Å². The molecule has 1 aliphatic heterocycles.